The summed E-state index contributed by atoms with van der Waals surface area (Å²) in [5.74, 6) is 1.21. The Morgan fingerprint density at radius 3 is 1.83 bits per heavy atom. The van der Waals surface area contributed by atoms with E-state index in [2.05, 4.69) is 0 Å². The standard InChI is InChI=1S/C18H18O5S/c1-3-22-17-13-7-5-6-8-14(13)18(23-4-2)16-11-12(24(19,20)21)9-10-15(16)17/h5-11H,3-4H2,1-2H3,(H,19,20,21)/p-1. The van der Waals surface area contributed by atoms with Gasteiger partial charge in [0, 0.05) is 21.5 Å². The first-order valence-corrected chi connectivity index (χ1v) is 9.08. The molecule has 5 nitrogen and oxygen atoms in total. The van der Waals surface area contributed by atoms with Crippen molar-refractivity contribution in [3.63, 3.8) is 0 Å². The van der Waals surface area contributed by atoms with Crippen LogP contribution in [-0.4, -0.2) is 26.2 Å². The highest BCUT2D eigenvalue weighted by atomic mass is 32.2. The van der Waals surface area contributed by atoms with Crippen molar-refractivity contribution in [2.24, 2.45) is 0 Å². The zero-order chi connectivity index (χ0) is 17.3. The minimum absolute atomic E-state index is 0.284. The van der Waals surface area contributed by atoms with Gasteiger partial charge in [-0.3, -0.25) is 0 Å². The van der Waals surface area contributed by atoms with Crippen LogP contribution in [0.5, 0.6) is 11.5 Å². The molecule has 0 aliphatic rings. The van der Waals surface area contributed by atoms with Crippen molar-refractivity contribution in [3.05, 3.63) is 42.5 Å². The van der Waals surface area contributed by atoms with Gasteiger partial charge in [0.2, 0.25) is 0 Å². The fourth-order valence-electron chi connectivity index (χ4n) is 2.83. The lowest BCUT2D eigenvalue weighted by atomic mass is 10.0. The van der Waals surface area contributed by atoms with Crippen molar-refractivity contribution in [3.8, 4) is 11.5 Å². The van der Waals surface area contributed by atoms with E-state index in [9.17, 15) is 13.0 Å². The maximum Gasteiger partial charge on any atom is 0.135 e. The lowest BCUT2D eigenvalue weighted by molar-refractivity contribution is 0.342. The predicted molar refractivity (Wildman–Crippen MR) is 91.8 cm³/mol. The van der Waals surface area contributed by atoms with Gasteiger partial charge in [-0.25, -0.2) is 8.42 Å². The van der Waals surface area contributed by atoms with Gasteiger partial charge in [0.05, 0.1) is 18.1 Å². The maximum atomic E-state index is 11.4. The average molecular weight is 345 g/mol. The van der Waals surface area contributed by atoms with Crippen molar-refractivity contribution in [2.45, 2.75) is 18.7 Å². The van der Waals surface area contributed by atoms with Crippen LogP contribution in [0, 0.1) is 0 Å². The Kier molecular flexibility index (Phi) is 4.34. The Hall–Kier alpha value is -2.31. The number of hydrogen-bond donors (Lipinski definition) is 0. The summed E-state index contributed by atoms with van der Waals surface area (Å²) < 4.78 is 45.8. The second-order valence-corrected chi connectivity index (χ2v) is 6.61. The molecule has 0 unspecified atom stereocenters. The van der Waals surface area contributed by atoms with E-state index in [1.165, 1.54) is 12.1 Å². The van der Waals surface area contributed by atoms with E-state index in [1.807, 2.05) is 38.1 Å². The molecule has 0 atom stereocenters. The Labute approximate surface area is 140 Å². The molecular weight excluding hydrogens is 328 g/mol. The number of rotatable bonds is 5. The van der Waals surface area contributed by atoms with Gasteiger partial charge >= 0.3 is 0 Å². The summed E-state index contributed by atoms with van der Waals surface area (Å²) >= 11 is 0. The van der Waals surface area contributed by atoms with Gasteiger partial charge < -0.3 is 14.0 Å². The Balaban J connectivity index is 2.50. The first-order valence-electron chi connectivity index (χ1n) is 7.67. The number of ether oxygens (including phenoxy) is 2. The highest BCUT2D eigenvalue weighted by molar-refractivity contribution is 7.85. The molecule has 0 bridgehead atoms. The highest BCUT2D eigenvalue weighted by Crippen LogP contribution is 2.43. The summed E-state index contributed by atoms with van der Waals surface area (Å²) in [7, 11) is -4.55. The van der Waals surface area contributed by atoms with Gasteiger partial charge in [0.1, 0.15) is 21.6 Å². The van der Waals surface area contributed by atoms with E-state index in [0.717, 1.165) is 10.8 Å². The molecule has 0 saturated carbocycles. The van der Waals surface area contributed by atoms with Crippen LogP contribution in [0.2, 0.25) is 0 Å². The van der Waals surface area contributed by atoms with E-state index in [-0.39, 0.29) is 4.90 Å². The van der Waals surface area contributed by atoms with E-state index < -0.39 is 10.1 Å². The lowest BCUT2D eigenvalue weighted by Crippen LogP contribution is -2.01. The van der Waals surface area contributed by atoms with Gasteiger partial charge in [-0.2, -0.15) is 0 Å². The third-order valence-corrected chi connectivity index (χ3v) is 4.59. The molecule has 0 heterocycles. The van der Waals surface area contributed by atoms with Gasteiger partial charge in [-0.15, -0.1) is 0 Å². The van der Waals surface area contributed by atoms with Gasteiger partial charge in [-0.05, 0) is 32.0 Å². The molecule has 3 aromatic carbocycles. The van der Waals surface area contributed by atoms with Crippen LogP contribution in [0.1, 0.15) is 13.8 Å². The fraction of sp³-hybridized carbons (Fsp3) is 0.222. The van der Waals surface area contributed by atoms with E-state index in [1.54, 1.807) is 6.07 Å². The number of benzene rings is 3. The highest BCUT2D eigenvalue weighted by Gasteiger charge is 2.17. The van der Waals surface area contributed by atoms with Gasteiger partial charge in [0.15, 0.2) is 0 Å². The molecule has 0 saturated heterocycles. The summed E-state index contributed by atoms with van der Waals surface area (Å²) in [6.07, 6.45) is 0. The minimum Gasteiger partial charge on any atom is -0.744 e. The third kappa shape index (κ3) is 2.79. The van der Waals surface area contributed by atoms with E-state index in [4.69, 9.17) is 9.47 Å². The van der Waals surface area contributed by atoms with Crippen molar-refractivity contribution < 1.29 is 22.4 Å². The summed E-state index contributed by atoms with van der Waals surface area (Å²) in [6.45, 7) is 4.62. The molecule has 0 fully saturated rings. The first kappa shape index (κ1) is 16.5. The zero-order valence-electron chi connectivity index (χ0n) is 13.4. The van der Waals surface area contributed by atoms with Gasteiger partial charge in [-0.1, -0.05) is 24.3 Å². The Bertz CT molecular complexity index is 1010. The molecule has 3 rings (SSSR count). The Morgan fingerprint density at radius 1 is 0.833 bits per heavy atom. The summed E-state index contributed by atoms with van der Waals surface area (Å²) in [5.41, 5.74) is 0. The van der Waals surface area contributed by atoms with Crippen LogP contribution in [-0.2, 0) is 10.1 Å². The van der Waals surface area contributed by atoms with Crippen LogP contribution in [0.4, 0.5) is 0 Å². The molecule has 3 aromatic rings. The zero-order valence-corrected chi connectivity index (χ0v) is 14.2. The van der Waals surface area contributed by atoms with Gasteiger partial charge in [0.25, 0.3) is 0 Å². The molecule has 6 heteroatoms. The second-order valence-electron chi connectivity index (χ2n) is 5.23. The summed E-state index contributed by atoms with van der Waals surface area (Å²) in [6, 6.07) is 11.9. The van der Waals surface area contributed by atoms with Crippen molar-refractivity contribution in [2.75, 3.05) is 13.2 Å². The SMILES string of the molecule is CCOc1c2ccccc2c(OCC)c2cc(S(=O)(=O)[O-])ccc12. The second kappa shape index (κ2) is 6.30. The average Bonchev–Trinajstić information content (AvgIpc) is 2.56. The monoisotopic (exact) mass is 345 g/mol. The molecular formula is C18H17O5S-. The molecule has 0 amide bonds. The van der Waals surface area contributed by atoms with Crippen molar-refractivity contribution >= 4 is 31.7 Å². The molecule has 24 heavy (non-hydrogen) atoms. The third-order valence-electron chi connectivity index (χ3n) is 3.76. The van der Waals surface area contributed by atoms with E-state index >= 15 is 0 Å². The molecule has 0 spiro atoms. The normalized spacial score (nSPS) is 11.8. The fourth-order valence-corrected chi connectivity index (χ4v) is 3.33. The summed E-state index contributed by atoms with van der Waals surface area (Å²) in [4.78, 5) is -0.284. The van der Waals surface area contributed by atoms with Crippen LogP contribution in [0.3, 0.4) is 0 Å². The van der Waals surface area contributed by atoms with Crippen LogP contribution >= 0.6 is 0 Å². The molecule has 0 aliphatic heterocycles. The van der Waals surface area contributed by atoms with Crippen molar-refractivity contribution in [1.29, 1.82) is 0 Å². The Morgan fingerprint density at radius 2 is 1.33 bits per heavy atom. The number of fused-ring (bicyclic) bond motifs is 2. The quantitative estimate of drug-likeness (QED) is 0.521. The lowest BCUT2D eigenvalue weighted by Gasteiger charge is -2.18. The smallest absolute Gasteiger partial charge is 0.135 e. The molecule has 0 aliphatic carbocycles. The summed E-state index contributed by atoms with van der Waals surface area (Å²) in [5, 5.41) is 2.96. The predicted octanol–water partition coefficient (Wildman–Crippen LogP) is 3.69. The molecule has 126 valence electrons. The van der Waals surface area contributed by atoms with Crippen LogP contribution in [0.25, 0.3) is 21.5 Å². The van der Waals surface area contributed by atoms with Crippen molar-refractivity contribution in [1.82, 2.24) is 0 Å². The molecule has 0 N–H and O–H groups in total. The number of hydrogen-bond acceptors (Lipinski definition) is 5. The molecule has 0 radical (unpaired) electrons. The largest absolute Gasteiger partial charge is 0.744 e. The van der Waals surface area contributed by atoms with E-state index in [0.29, 0.717) is 35.5 Å². The maximum absolute atomic E-state index is 11.4. The minimum atomic E-state index is -4.55. The first-order chi connectivity index (χ1) is 11.5. The topological polar surface area (TPSA) is 75.7 Å². The van der Waals surface area contributed by atoms with Crippen LogP contribution in [0.15, 0.2) is 47.4 Å². The molecule has 0 aromatic heterocycles. The van der Waals surface area contributed by atoms with Crippen LogP contribution < -0.4 is 9.47 Å².